The van der Waals surface area contributed by atoms with Crippen molar-refractivity contribution in [3.05, 3.63) is 30.6 Å². The maximum atomic E-state index is 13.0. The Morgan fingerprint density at radius 1 is 1.20 bits per heavy atom. The van der Waals surface area contributed by atoms with E-state index < -0.39 is 0 Å². The van der Waals surface area contributed by atoms with Crippen LogP contribution in [0.25, 0.3) is 11.1 Å². The summed E-state index contributed by atoms with van der Waals surface area (Å²) in [6.45, 7) is 8.66. The average molecular weight is 409 g/mol. The van der Waals surface area contributed by atoms with E-state index in [4.69, 9.17) is 4.74 Å². The molecule has 1 aromatic carbocycles. The summed E-state index contributed by atoms with van der Waals surface area (Å²) in [5, 5.41) is 4.54. The van der Waals surface area contributed by atoms with Crippen LogP contribution in [0, 0.1) is 11.3 Å². The first kappa shape index (κ1) is 19.3. The van der Waals surface area contributed by atoms with Crippen LogP contribution in [-0.4, -0.2) is 47.4 Å². The third-order valence-electron chi connectivity index (χ3n) is 6.36. The first-order valence-corrected chi connectivity index (χ1v) is 10.7. The van der Waals surface area contributed by atoms with Gasteiger partial charge in [-0.15, -0.1) is 0 Å². The van der Waals surface area contributed by atoms with Crippen molar-refractivity contribution in [2.45, 2.75) is 46.2 Å². The SMILES string of the molecule is CC(=O)N1c2ccc(-c3cnn(CC4(C)COC4)c3)cc2N(C(=O)C2CC2)C[C@@H]1C. The molecular formula is C23H28N4O3. The van der Waals surface area contributed by atoms with E-state index in [1.54, 1.807) is 11.8 Å². The van der Waals surface area contributed by atoms with Crippen molar-refractivity contribution in [2.75, 3.05) is 29.6 Å². The Labute approximate surface area is 176 Å². The second-order valence-corrected chi connectivity index (χ2v) is 9.39. The first-order valence-electron chi connectivity index (χ1n) is 10.7. The van der Waals surface area contributed by atoms with Crippen LogP contribution >= 0.6 is 0 Å². The third kappa shape index (κ3) is 3.31. The Morgan fingerprint density at radius 3 is 2.60 bits per heavy atom. The predicted molar refractivity (Wildman–Crippen MR) is 114 cm³/mol. The fourth-order valence-corrected chi connectivity index (χ4v) is 4.58. The second-order valence-electron chi connectivity index (χ2n) is 9.39. The molecule has 7 heteroatoms. The molecule has 5 rings (SSSR count). The zero-order valence-corrected chi connectivity index (χ0v) is 17.8. The summed E-state index contributed by atoms with van der Waals surface area (Å²) in [6, 6.07) is 5.97. The number of anilines is 2. The van der Waals surface area contributed by atoms with E-state index in [2.05, 4.69) is 12.0 Å². The van der Waals surface area contributed by atoms with Crippen molar-refractivity contribution in [3.8, 4) is 11.1 Å². The van der Waals surface area contributed by atoms with E-state index in [1.807, 2.05) is 47.1 Å². The highest BCUT2D eigenvalue weighted by Gasteiger charge is 2.40. The minimum Gasteiger partial charge on any atom is -0.380 e. The number of hydrogen-bond donors (Lipinski definition) is 0. The normalized spacial score (nSPS) is 22.4. The maximum Gasteiger partial charge on any atom is 0.230 e. The first-order chi connectivity index (χ1) is 14.3. The molecule has 2 aromatic rings. The molecule has 1 saturated carbocycles. The standard InChI is InChI=1S/C23H28N4O3/c1-15-10-26(22(29)17-4-5-17)21-8-18(6-7-20(21)27(15)16(2)28)19-9-24-25(11-19)12-23(3)13-30-14-23/h6-9,11,15,17H,4-5,10,12-14H2,1-3H3/t15-/m0/s1. The van der Waals surface area contributed by atoms with Gasteiger partial charge in [-0.2, -0.15) is 5.10 Å². The lowest BCUT2D eigenvalue weighted by atomic mass is 9.89. The minimum absolute atomic E-state index is 0.00111. The molecule has 7 nitrogen and oxygen atoms in total. The summed E-state index contributed by atoms with van der Waals surface area (Å²) < 4.78 is 7.32. The molecule has 2 amide bonds. The fourth-order valence-electron chi connectivity index (χ4n) is 4.58. The van der Waals surface area contributed by atoms with Crippen LogP contribution in [0.1, 0.15) is 33.6 Å². The molecule has 0 N–H and O–H groups in total. The largest absolute Gasteiger partial charge is 0.380 e. The van der Waals surface area contributed by atoms with Gasteiger partial charge in [0.05, 0.1) is 43.4 Å². The maximum absolute atomic E-state index is 13.0. The summed E-state index contributed by atoms with van der Waals surface area (Å²) in [5.74, 6) is 0.307. The Morgan fingerprint density at radius 2 is 1.97 bits per heavy atom. The molecule has 1 atom stereocenters. The van der Waals surface area contributed by atoms with Crippen molar-refractivity contribution in [2.24, 2.45) is 11.3 Å². The number of carbonyl (C=O) groups excluding carboxylic acids is 2. The van der Waals surface area contributed by atoms with Crippen LogP contribution in [-0.2, 0) is 20.9 Å². The van der Waals surface area contributed by atoms with Gasteiger partial charge in [-0.3, -0.25) is 14.3 Å². The lowest BCUT2D eigenvalue weighted by molar-refractivity contribution is -0.120. The summed E-state index contributed by atoms with van der Waals surface area (Å²) >= 11 is 0. The molecule has 30 heavy (non-hydrogen) atoms. The van der Waals surface area contributed by atoms with Gasteiger partial charge in [0.15, 0.2) is 0 Å². The number of amides is 2. The van der Waals surface area contributed by atoms with E-state index >= 15 is 0 Å². The van der Waals surface area contributed by atoms with Gasteiger partial charge in [0.25, 0.3) is 0 Å². The molecular weight excluding hydrogens is 380 g/mol. The summed E-state index contributed by atoms with van der Waals surface area (Å²) in [5.41, 5.74) is 3.79. The van der Waals surface area contributed by atoms with Gasteiger partial charge in [-0.25, -0.2) is 0 Å². The zero-order chi connectivity index (χ0) is 21.0. The molecule has 0 unspecified atom stereocenters. The molecule has 1 aromatic heterocycles. The Balaban J connectivity index is 1.50. The average Bonchev–Trinajstić information content (AvgIpc) is 3.44. The van der Waals surface area contributed by atoms with E-state index in [0.717, 1.165) is 55.1 Å². The van der Waals surface area contributed by atoms with Crippen molar-refractivity contribution >= 4 is 23.2 Å². The molecule has 2 fully saturated rings. The van der Waals surface area contributed by atoms with E-state index in [9.17, 15) is 9.59 Å². The number of carbonyl (C=O) groups is 2. The van der Waals surface area contributed by atoms with Gasteiger partial charge in [-0.05, 0) is 37.5 Å². The molecule has 1 aliphatic carbocycles. The van der Waals surface area contributed by atoms with Crippen LogP contribution < -0.4 is 9.80 Å². The van der Waals surface area contributed by atoms with Gasteiger partial charge in [0, 0.05) is 36.6 Å². The van der Waals surface area contributed by atoms with Gasteiger partial charge >= 0.3 is 0 Å². The summed E-state index contributed by atoms with van der Waals surface area (Å²) in [6.07, 6.45) is 5.84. The Kier molecular flexibility index (Phi) is 4.47. The molecule has 158 valence electrons. The van der Waals surface area contributed by atoms with Gasteiger partial charge in [0.1, 0.15) is 0 Å². The van der Waals surface area contributed by atoms with Crippen LogP contribution in [0.4, 0.5) is 11.4 Å². The van der Waals surface area contributed by atoms with Crippen LogP contribution in [0.15, 0.2) is 30.6 Å². The zero-order valence-electron chi connectivity index (χ0n) is 17.8. The summed E-state index contributed by atoms with van der Waals surface area (Å²) in [7, 11) is 0. The summed E-state index contributed by atoms with van der Waals surface area (Å²) in [4.78, 5) is 29.0. The second kappa shape index (κ2) is 6.94. The van der Waals surface area contributed by atoms with E-state index in [0.29, 0.717) is 6.54 Å². The highest BCUT2D eigenvalue weighted by molar-refractivity contribution is 6.06. The number of benzene rings is 1. The molecule has 0 spiro atoms. The smallest absolute Gasteiger partial charge is 0.230 e. The van der Waals surface area contributed by atoms with E-state index in [1.165, 1.54) is 0 Å². The fraction of sp³-hybridized carbons (Fsp3) is 0.522. The predicted octanol–water partition coefficient (Wildman–Crippen LogP) is 3.08. The number of aromatic nitrogens is 2. The lowest BCUT2D eigenvalue weighted by Gasteiger charge is -2.41. The molecule has 1 saturated heterocycles. The topological polar surface area (TPSA) is 67.7 Å². The molecule has 3 heterocycles. The molecule has 3 aliphatic rings. The minimum atomic E-state index is -0.0447. The number of fused-ring (bicyclic) bond motifs is 1. The number of nitrogens with zero attached hydrogens (tertiary/aromatic N) is 4. The number of hydrogen-bond acceptors (Lipinski definition) is 4. The Bertz CT molecular complexity index is 1010. The Hall–Kier alpha value is -2.67. The molecule has 0 radical (unpaired) electrons. The monoisotopic (exact) mass is 408 g/mol. The lowest BCUT2D eigenvalue weighted by Crippen LogP contribution is -2.51. The van der Waals surface area contributed by atoms with Crippen LogP contribution in [0.2, 0.25) is 0 Å². The highest BCUT2D eigenvalue weighted by atomic mass is 16.5. The van der Waals surface area contributed by atoms with Gasteiger partial charge in [0.2, 0.25) is 11.8 Å². The van der Waals surface area contributed by atoms with Gasteiger partial charge < -0.3 is 14.5 Å². The van der Waals surface area contributed by atoms with Crippen molar-refractivity contribution in [3.63, 3.8) is 0 Å². The molecule has 2 aliphatic heterocycles. The van der Waals surface area contributed by atoms with Crippen molar-refractivity contribution < 1.29 is 14.3 Å². The van der Waals surface area contributed by atoms with E-state index in [-0.39, 0.29) is 29.2 Å². The number of ether oxygens (including phenoxy) is 1. The third-order valence-corrected chi connectivity index (χ3v) is 6.36. The number of rotatable bonds is 4. The highest BCUT2D eigenvalue weighted by Crippen LogP contribution is 2.42. The van der Waals surface area contributed by atoms with Crippen LogP contribution in [0.3, 0.4) is 0 Å². The van der Waals surface area contributed by atoms with Gasteiger partial charge in [-0.1, -0.05) is 13.0 Å². The molecule has 0 bridgehead atoms. The van der Waals surface area contributed by atoms with Crippen molar-refractivity contribution in [1.82, 2.24) is 9.78 Å². The van der Waals surface area contributed by atoms with Crippen molar-refractivity contribution in [1.29, 1.82) is 0 Å². The quantitative estimate of drug-likeness (QED) is 0.780. The van der Waals surface area contributed by atoms with Crippen LogP contribution in [0.5, 0.6) is 0 Å².